The van der Waals surface area contributed by atoms with E-state index in [-0.39, 0.29) is 6.61 Å². The van der Waals surface area contributed by atoms with Gasteiger partial charge in [-0.05, 0) is 26.3 Å². The largest absolute Gasteiger partial charge is 0.457 e. The second-order valence-corrected chi connectivity index (χ2v) is 7.34. The molecule has 0 saturated heterocycles. The Labute approximate surface area is 149 Å². The first kappa shape index (κ1) is 19.1. The van der Waals surface area contributed by atoms with Gasteiger partial charge in [0.1, 0.15) is 17.9 Å². The first-order chi connectivity index (χ1) is 11.6. The smallest absolute Gasteiger partial charge is 0.408 e. The highest BCUT2D eigenvalue weighted by Gasteiger charge is 2.33. The summed E-state index contributed by atoms with van der Waals surface area (Å²) < 4.78 is 22.2. The highest BCUT2D eigenvalue weighted by Crippen LogP contribution is 2.26. The Morgan fingerprint density at radius 1 is 1.24 bits per heavy atom. The van der Waals surface area contributed by atoms with Crippen LogP contribution >= 0.6 is 0 Å². The molecule has 0 fully saturated rings. The molecular formula is C19H27NO5. The van der Waals surface area contributed by atoms with Crippen LogP contribution < -0.4 is 5.32 Å². The maximum Gasteiger partial charge on any atom is 0.408 e. The highest BCUT2D eigenvalue weighted by molar-refractivity contribution is 5.68. The van der Waals surface area contributed by atoms with Gasteiger partial charge >= 0.3 is 6.09 Å². The highest BCUT2D eigenvalue weighted by atomic mass is 16.7. The van der Waals surface area contributed by atoms with Crippen LogP contribution in [0.5, 0.6) is 0 Å². The van der Waals surface area contributed by atoms with Crippen molar-refractivity contribution >= 4 is 6.09 Å². The lowest BCUT2D eigenvalue weighted by Gasteiger charge is -2.25. The van der Waals surface area contributed by atoms with E-state index < -0.39 is 23.5 Å². The Kier molecular flexibility index (Phi) is 5.95. The third-order valence-corrected chi connectivity index (χ3v) is 3.25. The molecule has 6 heteroatoms. The van der Waals surface area contributed by atoms with E-state index in [1.807, 2.05) is 51.1 Å². The van der Waals surface area contributed by atoms with E-state index in [1.165, 1.54) is 6.26 Å². The van der Waals surface area contributed by atoms with Crippen LogP contribution in [0.25, 0.3) is 0 Å². The second-order valence-electron chi connectivity index (χ2n) is 7.34. The average Bonchev–Trinajstić information content (AvgIpc) is 2.85. The number of hydrogen-bond acceptors (Lipinski definition) is 5. The van der Waals surface area contributed by atoms with Crippen LogP contribution in [0, 0.1) is 0 Å². The molecule has 138 valence electrons. The Hall–Kier alpha value is -2.21. The average molecular weight is 349 g/mol. The predicted molar refractivity (Wildman–Crippen MR) is 93.6 cm³/mol. The number of rotatable bonds is 6. The minimum absolute atomic E-state index is 0.236. The standard InChI is InChI=1S/C19H27NO5/c1-18(2,3)25-17(21)20-15(16-13-23-19(4,5)24-16)12-22-11-14-9-7-6-8-10-14/h6-10,13,15H,11-12H2,1-5H3,(H,20,21). The molecule has 0 aliphatic carbocycles. The minimum atomic E-state index is -0.761. The number of nitrogens with one attached hydrogen (secondary N) is 1. The van der Waals surface area contributed by atoms with Crippen LogP contribution in [0.1, 0.15) is 40.2 Å². The number of hydrogen-bond donors (Lipinski definition) is 1. The summed E-state index contributed by atoms with van der Waals surface area (Å²) in [6, 6.07) is 9.32. The van der Waals surface area contributed by atoms with Gasteiger partial charge in [-0.25, -0.2) is 4.79 Å². The van der Waals surface area contributed by atoms with Gasteiger partial charge in [-0.1, -0.05) is 30.3 Å². The lowest BCUT2D eigenvalue weighted by molar-refractivity contribution is -0.120. The van der Waals surface area contributed by atoms with Crippen molar-refractivity contribution in [2.45, 2.75) is 58.7 Å². The van der Waals surface area contributed by atoms with Crippen LogP contribution in [0.2, 0.25) is 0 Å². The molecule has 25 heavy (non-hydrogen) atoms. The van der Waals surface area contributed by atoms with E-state index in [9.17, 15) is 4.79 Å². The molecule has 1 N–H and O–H groups in total. The number of carbonyl (C=O) groups is 1. The van der Waals surface area contributed by atoms with E-state index in [4.69, 9.17) is 18.9 Å². The Morgan fingerprint density at radius 2 is 1.92 bits per heavy atom. The van der Waals surface area contributed by atoms with Gasteiger partial charge in [0.2, 0.25) is 5.79 Å². The summed E-state index contributed by atoms with van der Waals surface area (Å²) in [5.41, 5.74) is 0.469. The van der Waals surface area contributed by atoms with Gasteiger partial charge in [0.05, 0.1) is 13.2 Å². The fraction of sp³-hybridized carbons (Fsp3) is 0.526. The Balaban J connectivity index is 1.96. The van der Waals surface area contributed by atoms with Gasteiger partial charge in [0, 0.05) is 13.8 Å². The molecule has 1 atom stereocenters. The number of amides is 1. The topological polar surface area (TPSA) is 66.0 Å². The van der Waals surface area contributed by atoms with Crippen LogP contribution in [0.3, 0.4) is 0 Å². The number of carbonyl (C=O) groups excluding carboxylic acids is 1. The van der Waals surface area contributed by atoms with Gasteiger partial charge < -0.3 is 24.3 Å². The van der Waals surface area contributed by atoms with E-state index >= 15 is 0 Å². The molecule has 1 amide bonds. The molecule has 1 aromatic rings. The molecule has 1 aliphatic heterocycles. The van der Waals surface area contributed by atoms with Crippen LogP contribution in [0.4, 0.5) is 4.79 Å². The molecular weight excluding hydrogens is 322 g/mol. The van der Waals surface area contributed by atoms with Crippen molar-refractivity contribution in [3.05, 3.63) is 47.9 Å². The number of benzene rings is 1. The zero-order chi connectivity index (χ0) is 18.5. The predicted octanol–water partition coefficient (Wildman–Crippen LogP) is 3.72. The first-order valence-corrected chi connectivity index (χ1v) is 8.33. The van der Waals surface area contributed by atoms with E-state index in [0.717, 1.165) is 5.56 Å². The third kappa shape index (κ3) is 6.66. The van der Waals surface area contributed by atoms with Gasteiger partial charge in [-0.3, -0.25) is 0 Å². The zero-order valence-corrected chi connectivity index (χ0v) is 15.5. The molecule has 6 nitrogen and oxygen atoms in total. The minimum Gasteiger partial charge on any atom is -0.457 e. The molecule has 0 radical (unpaired) electrons. The maximum atomic E-state index is 12.1. The summed E-state index contributed by atoms with van der Waals surface area (Å²) in [7, 11) is 0. The lowest BCUT2D eigenvalue weighted by atomic mass is 10.2. The molecule has 1 unspecified atom stereocenters. The van der Waals surface area contributed by atoms with Crippen molar-refractivity contribution in [1.82, 2.24) is 5.32 Å². The van der Waals surface area contributed by atoms with Gasteiger partial charge in [-0.2, -0.15) is 0 Å². The van der Waals surface area contributed by atoms with Gasteiger partial charge in [0.25, 0.3) is 0 Å². The van der Waals surface area contributed by atoms with Gasteiger partial charge in [-0.15, -0.1) is 0 Å². The maximum absolute atomic E-state index is 12.1. The number of alkyl carbamates (subject to hydrolysis) is 1. The van der Waals surface area contributed by atoms with Crippen molar-refractivity contribution in [2.24, 2.45) is 0 Å². The Morgan fingerprint density at radius 3 is 2.48 bits per heavy atom. The Bertz CT molecular complexity index is 604. The molecule has 0 bridgehead atoms. The summed E-state index contributed by atoms with van der Waals surface area (Å²) in [6.45, 7) is 9.70. The summed E-state index contributed by atoms with van der Waals surface area (Å²) in [5, 5.41) is 2.78. The molecule has 0 saturated carbocycles. The summed E-state index contributed by atoms with van der Waals surface area (Å²) in [5.74, 6) is -0.258. The van der Waals surface area contributed by atoms with Crippen molar-refractivity contribution in [3.8, 4) is 0 Å². The van der Waals surface area contributed by atoms with Crippen LogP contribution in [-0.4, -0.2) is 30.1 Å². The summed E-state index contributed by atoms with van der Waals surface area (Å²) >= 11 is 0. The SMILES string of the molecule is CC(C)(C)OC(=O)NC(COCc1ccccc1)C1=COC(C)(C)O1. The molecule has 0 spiro atoms. The van der Waals surface area contributed by atoms with Crippen molar-refractivity contribution < 1.29 is 23.7 Å². The van der Waals surface area contributed by atoms with Crippen LogP contribution in [0.15, 0.2) is 42.4 Å². The quantitative estimate of drug-likeness (QED) is 0.848. The molecule has 0 aromatic heterocycles. The van der Waals surface area contributed by atoms with Crippen molar-refractivity contribution in [2.75, 3.05) is 6.61 Å². The van der Waals surface area contributed by atoms with Crippen molar-refractivity contribution in [3.63, 3.8) is 0 Å². The summed E-state index contributed by atoms with van der Waals surface area (Å²) in [6.07, 6.45) is 0.975. The molecule has 1 heterocycles. The molecule has 1 aliphatic rings. The number of ether oxygens (including phenoxy) is 4. The lowest BCUT2D eigenvalue weighted by Crippen LogP contribution is -2.43. The van der Waals surface area contributed by atoms with Crippen LogP contribution in [-0.2, 0) is 25.6 Å². The van der Waals surface area contributed by atoms with E-state index in [1.54, 1.807) is 13.8 Å². The fourth-order valence-corrected chi connectivity index (χ4v) is 2.20. The van der Waals surface area contributed by atoms with E-state index in [0.29, 0.717) is 12.4 Å². The third-order valence-electron chi connectivity index (χ3n) is 3.25. The summed E-state index contributed by atoms with van der Waals surface area (Å²) in [4.78, 5) is 12.1. The normalized spacial score (nSPS) is 17.1. The molecule has 2 rings (SSSR count). The van der Waals surface area contributed by atoms with Crippen molar-refractivity contribution in [1.29, 1.82) is 0 Å². The van der Waals surface area contributed by atoms with Gasteiger partial charge in [0.15, 0.2) is 5.76 Å². The zero-order valence-electron chi connectivity index (χ0n) is 15.5. The first-order valence-electron chi connectivity index (χ1n) is 8.33. The fourth-order valence-electron chi connectivity index (χ4n) is 2.20. The monoisotopic (exact) mass is 349 g/mol. The second kappa shape index (κ2) is 7.78. The van der Waals surface area contributed by atoms with E-state index in [2.05, 4.69) is 5.32 Å². The molecule has 1 aromatic carbocycles.